The van der Waals surface area contributed by atoms with Gasteiger partial charge in [0.2, 0.25) is 5.39 Å². The molecule has 0 aliphatic heterocycles. The molecule has 1 rings (SSSR count). The molecule has 0 aliphatic carbocycles. The molecule has 0 aliphatic rings. The molecule has 0 fully saturated rings. The van der Waals surface area contributed by atoms with E-state index in [-0.39, 0.29) is 4.47 Å². The topological polar surface area (TPSA) is 28.1 Å². The number of hydrogen-bond acceptors (Lipinski definition) is 1. The molecule has 1 aromatic carbocycles. The van der Waals surface area contributed by atoms with Crippen molar-refractivity contribution in [1.29, 1.82) is 5.39 Å². The Hall–Kier alpha value is -1.31. The molecule has 18 heavy (non-hydrogen) atoms. The summed E-state index contributed by atoms with van der Waals surface area (Å²) in [7, 11) is -6.00. The third-order valence-electron chi connectivity index (χ3n) is 1.37. The quantitative estimate of drug-likeness (QED) is 0.360. The van der Waals surface area contributed by atoms with Crippen molar-refractivity contribution in [3.63, 3.8) is 0 Å². The molecule has 0 radical (unpaired) electrons. The molecule has 11 heteroatoms. The van der Waals surface area contributed by atoms with E-state index in [0.717, 1.165) is 12.1 Å². The molecule has 0 spiro atoms. The monoisotopic (exact) mass is 338 g/mol. The van der Waals surface area contributed by atoms with Gasteiger partial charge in [0, 0.05) is 10.5 Å². The first-order valence-corrected chi connectivity index (χ1v) is 4.83. The first-order chi connectivity index (χ1) is 7.95. The molecule has 0 unspecified atom stereocenters. The molecular formula is C7H3BBrF7N2. The third-order valence-corrected chi connectivity index (χ3v) is 1.86. The van der Waals surface area contributed by atoms with Gasteiger partial charge in [-0.25, -0.2) is 0 Å². The molecule has 0 amide bonds. The van der Waals surface area contributed by atoms with Crippen LogP contribution >= 0.6 is 15.9 Å². The number of hydrogen-bond donors (Lipinski definition) is 0. The van der Waals surface area contributed by atoms with Crippen molar-refractivity contribution < 1.29 is 30.4 Å². The summed E-state index contributed by atoms with van der Waals surface area (Å²) in [6.45, 7) is 0. The molecule has 100 valence electrons. The molecule has 0 heterocycles. The zero-order valence-corrected chi connectivity index (χ0v) is 9.81. The third kappa shape index (κ3) is 7.11. The van der Waals surface area contributed by atoms with Crippen molar-refractivity contribution in [1.82, 2.24) is 0 Å². The molecule has 1 aromatic rings. The maximum Gasteiger partial charge on any atom is 0.673 e. The van der Waals surface area contributed by atoms with Crippen molar-refractivity contribution in [2.45, 2.75) is 6.18 Å². The fourth-order valence-electron chi connectivity index (χ4n) is 0.823. The molecule has 0 atom stereocenters. The number of benzene rings is 1. The highest BCUT2D eigenvalue weighted by molar-refractivity contribution is 9.10. The Morgan fingerprint density at radius 3 is 1.89 bits per heavy atom. The van der Waals surface area contributed by atoms with Gasteiger partial charge in [-0.15, -0.1) is 0 Å². The van der Waals surface area contributed by atoms with Gasteiger partial charge in [0.1, 0.15) is 0 Å². The number of diazo groups is 1. The first-order valence-electron chi connectivity index (χ1n) is 4.04. The van der Waals surface area contributed by atoms with Gasteiger partial charge in [0.05, 0.1) is 0 Å². The Balaban J connectivity index is 0.000000494. The summed E-state index contributed by atoms with van der Waals surface area (Å²) in [5, 5.41) is 8.28. The van der Waals surface area contributed by atoms with Gasteiger partial charge in [-0.1, -0.05) is 15.9 Å². The van der Waals surface area contributed by atoms with E-state index in [4.69, 9.17) is 5.39 Å². The highest BCUT2D eigenvalue weighted by Crippen LogP contribution is 2.37. The Morgan fingerprint density at radius 1 is 1.11 bits per heavy atom. The van der Waals surface area contributed by atoms with E-state index in [0.29, 0.717) is 0 Å². The fourth-order valence-corrected chi connectivity index (χ4v) is 1.18. The number of rotatable bonds is 0. The minimum Gasteiger partial charge on any atom is -0.418 e. The summed E-state index contributed by atoms with van der Waals surface area (Å²) in [5.41, 5.74) is -1.46. The van der Waals surface area contributed by atoms with Gasteiger partial charge in [-0.05, 0) is 12.1 Å². The second-order valence-electron chi connectivity index (χ2n) is 2.75. The minimum atomic E-state index is -6.00. The standard InChI is InChI=1S/C7H3BrF3N2.BF4/c8-4-1-2-6(13-12)5(3-4)7(9,10)11;2-1(3,4)5/h1-3H;/q+1;-1. The summed E-state index contributed by atoms with van der Waals surface area (Å²) in [6.07, 6.45) is -4.51. The van der Waals surface area contributed by atoms with Crippen molar-refractivity contribution in [3.05, 3.63) is 33.2 Å². The van der Waals surface area contributed by atoms with E-state index in [2.05, 4.69) is 20.9 Å². The van der Waals surface area contributed by atoms with E-state index in [1.165, 1.54) is 6.07 Å². The number of alkyl halides is 3. The van der Waals surface area contributed by atoms with Crippen molar-refractivity contribution >= 4 is 28.9 Å². The van der Waals surface area contributed by atoms with Gasteiger partial charge >= 0.3 is 19.1 Å². The highest BCUT2D eigenvalue weighted by Gasteiger charge is 2.38. The van der Waals surface area contributed by atoms with Crippen LogP contribution in [0.5, 0.6) is 0 Å². The van der Waals surface area contributed by atoms with E-state index >= 15 is 0 Å². The van der Waals surface area contributed by atoms with Gasteiger partial charge < -0.3 is 17.3 Å². The first kappa shape index (κ1) is 16.7. The molecule has 2 nitrogen and oxygen atoms in total. The van der Waals surface area contributed by atoms with Crippen LogP contribution in [0.25, 0.3) is 4.98 Å². The molecule has 0 N–H and O–H groups in total. The van der Waals surface area contributed by atoms with Crippen LogP contribution in [0.1, 0.15) is 5.56 Å². The maximum absolute atomic E-state index is 12.2. The van der Waals surface area contributed by atoms with E-state index in [1.807, 2.05) is 0 Å². The summed E-state index contributed by atoms with van der Waals surface area (Å²) >= 11 is 2.89. The Labute approximate surface area is 105 Å². The largest absolute Gasteiger partial charge is 0.673 e. The predicted octanol–water partition coefficient (Wildman–Crippen LogP) is 5.25. The predicted molar refractivity (Wildman–Crippen MR) is 54.1 cm³/mol. The van der Waals surface area contributed by atoms with Crippen LogP contribution < -0.4 is 0 Å². The molecule has 0 saturated carbocycles. The lowest BCUT2D eigenvalue weighted by Crippen LogP contribution is -2.04. The molecule has 0 saturated heterocycles. The Morgan fingerprint density at radius 2 is 1.56 bits per heavy atom. The molecular weight excluding hydrogens is 336 g/mol. The summed E-state index contributed by atoms with van der Waals surface area (Å²) in [4.78, 5) is 2.54. The van der Waals surface area contributed by atoms with Crippen LogP contribution in [-0.4, -0.2) is 7.25 Å². The average Bonchev–Trinajstić information content (AvgIpc) is 2.13. The maximum atomic E-state index is 12.2. The minimum absolute atomic E-state index is 0.284. The van der Waals surface area contributed by atoms with Crippen LogP contribution in [0.15, 0.2) is 22.7 Å². The van der Waals surface area contributed by atoms with Gasteiger partial charge in [0.25, 0.3) is 0 Å². The zero-order valence-electron chi connectivity index (χ0n) is 8.23. The lowest BCUT2D eigenvalue weighted by molar-refractivity contribution is -0.136. The Bertz CT molecular complexity index is 445. The summed E-state index contributed by atoms with van der Waals surface area (Å²) in [5.74, 6) is 0. The van der Waals surface area contributed by atoms with E-state index < -0.39 is 24.7 Å². The second-order valence-corrected chi connectivity index (χ2v) is 3.67. The average molecular weight is 339 g/mol. The van der Waals surface area contributed by atoms with Crippen LogP contribution in [0, 0.1) is 5.39 Å². The summed E-state index contributed by atoms with van der Waals surface area (Å²) < 4.78 is 76.0. The van der Waals surface area contributed by atoms with Crippen molar-refractivity contribution in [2.24, 2.45) is 0 Å². The lowest BCUT2D eigenvalue weighted by Gasteiger charge is -2.02. The van der Waals surface area contributed by atoms with Crippen molar-refractivity contribution in [2.75, 3.05) is 0 Å². The smallest absolute Gasteiger partial charge is 0.418 e. The van der Waals surface area contributed by atoms with Gasteiger partial charge in [-0.2, -0.15) is 13.2 Å². The van der Waals surface area contributed by atoms with Gasteiger partial charge in [-0.3, -0.25) is 0 Å². The van der Waals surface area contributed by atoms with Gasteiger partial charge in [0.15, 0.2) is 10.5 Å². The lowest BCUT2D eigenvalue weighted by atomic mass is 10.2. The van der Waals surface area contributed by atoms with E-state index in [9.17, 15) is 30.4 Å². The van der Waals surface area contributed by atoms with E-state index in [1.54, 1.807) is 0 Å². The van der Waals surface area contributed by atoms with Crippen LogP contribution in [0.4, 0.5) is 36.1 Å². The van der Waals surface area contributed by atoms with Crippen LogP contribution in [0.2, 0.25) is 0 Å². The molecule has 0 aromatic heterocycles. The molecule has 0 bridgehead atoms. The number of halogens is 8. The Kier molecular flexibility index (Phi) is 5.60. The van der Waals surface area contributed by atoms with Crippen molar-refractivity contribution in [3.8, 4) is 0 Å². The van der Waals surface area contributed by atoms with Crippen LogP contribution in [-0.2, 0) is 6.18 Å². The fraction of sp³-hybridized carbons (Fsp3) is 0.143. The summed E-state index contributed by atoms with van der Waals surface area (Å²) in [6, 6.07) is 3.30. The number of nitrogens with zero attached hydrogens (tertiary/aromatic N) is 2. The SMILES string of the molecule is F[B-](F)(F)F.N#[N+]c1ccc(Br)cc1C(F)(F)F. The normalized spacial score (nSPS) is 11.3. The zero-order chi connectivity index (χ0) is 14.6. The highest BCUT2D eigenvalue weighted by atomic mass is 79.9. The van der Waals surface area contributed by atoms with Crippen LogP contribution in [0.3, 0.4) is 0 Å². The second kappa shape index (κ2) is 6.04.